The summed E-state index contributed by atoms with van der Waals surface area (Å²) in [7, 11) is 3.68. The summed E-state index contributed by atoms with van der Waals surface area (Å²) in [5.41, 5.74) is -0.708. The first-order chi connectivity index (χ1) is 13.1. The highest BCUT2D eigenvalue weighted by Crippen LogP contribution is 2.29. The van der Waals surface area contributed by atoms with Crippen LogP contribution in [0.15, 0.2) is 51.9 Å². The van der Waals surface area contributed by atoms with Gasteiger partial charge in [-0.3, -0.25) is 9.59 Å². The Morgan fingerprint density at radius 1 is 1.14 bits per heavy atom. The van der Waals surface area contributed by atoms with Crippen LogP contribution in [0.3, 0.4) is 0 Å². The zero-order chi connectivity index (χ0) is 20.9. The molecule has 0 saturated heterocycles. The number of pyridine rings is 1. The van der Waals surface area contributed by atoms with Crippen molar-refractivity contribution < 1.29 is 18.0 Å². The summed E-state index contributed by atoms with van der Waals surface area (Å²) in [5, 5.41) is 0. The van der Waals surface area contributed by atoms with Gasteiger partial charge in [0.05, 0.1) is 5.56 Å². The van der Waals surface area contributed by atoms with Crippen LogP contribution in [-0.2, 0) is 24.1 Å². The van der Waals surface area contributed by atoms with Crippen LogP contribution in [0.1, 0.15) is 11.1 Å². The Morgan fingerprint density at radius 3 is 2.50 bits per heavy atom. The van der Waals surface area contributed by atoms with E-state index in [2.05, 4.69) is 15.9 Å². The lowest BCUT2D eigenvalue weighted by Gasteiger charge is -2.25. The molecule has 1 amide bonds. The zero-order valence-corrected chi connectivity index (χ0v) is 17.1. The molecule has 152 valence electrons. The molecule has 0 atom stereocenters. The van der Waals surface area contributed by atoms with Crippen molar-refractivity contribution in [2.75, 3.05) is 27.2 Å². The van der Waals surface area contributed by atoms with Crippen LogP contribution in [0.2, 0.25) is 0 Å². The number of nitrogens with zero attached hydrogens (tertiary/aromatic N) is 3. The van der Waals surface area contributed by atoms with E-state index in [0.29, 0.717) is 23.1 Å². The van der Waals surface area contributed by atoms with Crippen LogP contribution in [0.25, 0.3) is 0 Å². The summed E-state index contributed by atoms with van der Waals surface area (Å²) >= 11 is 3.26. The van der Waals surface area contributed by atoms with Gasteiger partial charge < -0.3 is 14.4 Å². The third kappa shape index (κ3) is 6.49. The molecular formula is C19H21BrF3N3O2. The molecule has 0 radical (unpaired) electrons. The van der Waals surface area contributed by atoms with Crippen LogP contribution in [-0.4, -0.2) is 47.5 Å². The summed E-state index contributed by atoms with van der Waals surface area (Å²) in [6.45, 7) is 0.701. The summed E-state index contributed by atoms with van der Waals surface area (Å²) in [5.74, 6) is -0.348. The molecule has 0 bridgehead atoms. The predicted molar refractivity (Wildman–Crippen MR) is 104 cm³/mol. The molecule has 9 heteroatoms. The number of carbonyl (C=O) groups is 1. The molecule has 2 aromatic rings. The van der Waals surface area contributed by atoms with E-state index in [1.54, 1.807) is 12.1 Å². The maximum Gasteiger partial charge on any atom is 0.416 e. The van der Waals surface area contributed by atoms with E-state index in [1.807, 2.05) is 19.0 Å². The fourth-order valence-electron chi connectivity index (χ4n) is 2.55. The smallest absolute Gasteiger partial charge is 0.336 e. The largest absolute Gasteiger partial charge is 0.416 e. The van der Waals surface area contributed by atoms with E-state index in [9.17, 15) is 22.8 Å². The fraction of sp³-hybridized carbons (Fsp3) is 0.368. The third-order valence-corrected chi connectivity index (χ3v) is 4.52. The van der Waals surface area contributed by atoms with Gasteiger partial charge >= 0.3 is 6.18 Å². The predicted octanol–water partition coefficient (Wildman–Crippen LogP) is 3.22. The van der Waals surface area contributed by atoms with Gasteiger partial charge in [-0.15, -0.1) is 0 Å². The first-order valence-electron chi connectivity index (χ1n) is 8.51. The van der Waals surface area contributed by atoms with Crippen LogP contribution in [0.5, 0.6) is 0 Å². The summed E-state index contributed by atoms with van der Waals surface area (Å²) in [6, 6.07) is 7.84. The number of hydrogen-bond donors (Lipinski definition) is 0. The van der Waals surface area contributed by atoms with Gasteiger partial charge in [0, 0.05) is 36.4 Å². The van der Waals surface area contributed by atoms with Crippen molar-refractivity contribution >= 4 is 21.8 Å². The van der Waals surface area contributed by atoms with E-state index >= 15 is 0 Å². The van der Waals surface area contributed by atoms with E-state index < -0.39 is 11.7 Å². The number of rotatable bonds is 7. The van der Waals surface area contributed by atoms with Crippen molar-refractivity contribution in [1.29, 1.82) is 0 Å². The quantitative estimate of drug-likeness (QED) is 0.638. The van der Waals surface area contributed by atoms with Crippen molar-refractivity contribution in [1.82, 2.24) is 14.4 Å². The molecule has 0 N–H and O–H groups in total. The van der Waals surface area contributed by atoms with Gasteiger partial charge in [0.25, 0.3) is 5.56 Å². The topological polar surface area (TPSA) is 45.5 Å². The highest BCUT2D eigenvalue weighted by molar-refractivity contribution is 9.10. The second-order valence-corrected chi connectivity index (χ2v) is 7.55. The van der Waals surface area contributed by atoms with Gasteiger partial charge in [-0.1, -0.05) is 12.1 Å². The number of hydrogen-bond acceptors (Lipinski definition) is 3. The van der Waals surface area contributed by atoms with Crippen LogP contribution < -0.4 is 5.56 Å². The first kappa shape index (κ1) is 22.2. The first-order valence-corrected chi connectivity index (χ1v) is 9.30. The number of halogens is 4. The molecule has 1 aromatic heterocycles. The normalized spacial score (nSPS) is 11.7. The highest BCUT2D eigenvalue weighted by atomic mass is 79.9. The van der Waals surface area contributed by atoms with Gasteiger partial charge in [-0.2, -0.15) is 13.2 Å². The number of alkyl halides is 3. The van der Waals surface area contributed by atoms with Gasteiger partial charge in [-0.05, 0) is 53.8 Å². The van der Waals surface area contributed by atoms with Crippen molar-refractivity contribution in [3.63, 3.8) is 0 Å². The standard InChI is InChI=1S/C19H21BrF3N3O2/c1-24(2)8-9-25(11-14-4-3-5-15(10-14)19(21,22)23)18(28)13-26-12-16(20)6-7-17(26)27/h3-7,10,12H,8-9,11,13H2,1-2H3. The number of aromatic nitrogens is 1. The number of benzene rings is 1. The minimum atomic E-state index is -4.45. The average Bonchev–Trinajstić information content (AvgIpc) is 2.61. The molecule has 1 aromatic carbocycles. The number of amides is 1. The maximum atomic E-state index is 13.0. The Kier molecular flexibility index (Phi) is 7.42. The molecule has 1 heterocycles. The number of carbonyl (C=O) groups excluding carboxylic acids is 1. The highest BCUT2D eigenvalue weighted by Gasteiger charge is 2.30. The summed E-state index contributed by atoms with van der Waals surface area (Å²) < 4.78 is 40.8. The fourth-order valence-corrected chi connectivity index (χ4v) is 2.93. The van der Waals surface area contributed by atoms with Gasteiger partial charge in [0.2, 0.25) is 5.91 Å². The Labute approximate surface area is 169 Å². The van der Waals surface area contributed by atoms with Crippen molar-refractivity contribution in [2.24, 2.45) is 0 Å². The van der Waals surface area contributed by atoms with Gasteiger partial charge in [-0.25, -0.2) is 0 Å². The summed E-state index contributed by atoms with van der Waals surface area (Å²) in [6.07, 6.45) is -2.94. The minimum Gasteiger partial charge on any atom is -0.336 e. The van der Waals surface area contributed by atoms with Gasteiger partial charge in [0.1, 0.15) is 6.54 Å². The lowest BCUT2D eigenvalue weighted by molar-refractivity contribution is -0.137. The SMILES string of the molecule is CN(C)CCN(Cc1cccc(C(F)(F)F)c1)C(=O)Cn1cc(Br)ccc1=O. The molecule has 5 nitrogen and oxygen atoms in total. The third-order valence-electron chi connectivity index (χ3n) is 4.05. The molecule has 0 unspecified atom stereocenters. The van der Waals surface area contributed by atoms with Crippen LogP contribution >= 0.6 is 15.9 Å². The second-order valence-electron chi connectivity index (χ2n) is 6.63. The van der Waals surface area contributed by atoms with E-state index in [4.69, 9.17) is 0 Å². The number of likely N-dealkylation sites (N-methyl/N-ethyl adjacent to an activating group) is 1. The molecule has 0 fully saturated rings. The molecule has 0 spiro atoms. The zero-order valence-electron chi connectivity index (χ0n) is 15.5. The Bertz CT molecular complexity index is 881. The van der Waals surface area contributed by atoms with Crippen molar-refractivity contribution in [2.45, 2.75) is 19.3 Å². The molecular weight excluding hydrogens is 439 g/mol. The minimum absolute atomic E-state index is 0.0271. The Morgan fingerprint density at radius 2 is 1.86 bits per heavy atom. The average molecular weight is 460 g/mol. The second kappa shape index (κ2) is 9.38. The van der Waals surface area contributed by atoms with Crippen molar-refractivity contribution in [3.05, 3.63) is 68.5 Å². The Hall–Kier alpha value is -2.13. The molecule has 2 rings (SSSR count). The molecule has 0 aliphatic heterocycles. The van der Waals surface area contributed by atoms with E-state index in [0.717, 1.165) is 12.1 Å². The van der Waals surface area contributed by atoms with Gasteiger partial charge in [0.15, 0.2) is 0 Å². The maximum absolute atomic E-state index is 13.0. The van der Waals surface area contributed by atoms with Crippen molar-refractivity contribution in [3.8, 4) is 0 Å². The molecule has 0 aliphatic carbocycles. The lowest BCUT2D eigenvalue weighted by Crippen LogP contribution is -2.39. The lowest BCUT2D eigenvalue weighted by atomic mass is 10.1. The molecule has 0 saturated carbocycles. The Balaban J connectivity index is 2.22. The summed E-state index contributed by atoms with van der Waals surface area (Å²) in [4.78, 5) is 28.1. The van der Waals surface area contributed by atoms with Crippen LogP contribution in [0.4, 0.5) is 13.2 Å². The van der Waals surface area contributed by atoms with E-state index in [-0.39, 0.29) is 24.6 Å². The van der Waals surface area contributed by atoms with Crippen LogP contribution in [0, 0.1) is 0 Å². The monoisotopic (exact) mass is 459 g/mol. The molecule has 28 heavy (non-hydrogen) atoms. The van der Waals surface area contributed by atoms with E-state index in [1.165, 1.54) is 27.8 Å². The molecule has 0 aliphatic rings.